The molecule has 0 unspecified atom stereocenters. The van der Waals surface area contributed by atoms with Crippen LogP contribution >= 0.6 is 0 Å². The Hall–Kier alpha value is -2.89. The van der Waals surface area contributed by atoms with E-state index in [9.17, 15) is 4.79 Å². The molecule has 2 N–H and O–H groups in total. The Morgan fingerprint density at radius 1 is 0.958 bits per heavy atom. The number of carbonyl (C=O) groups excluding carboxylic acids is 1. The Bertz CT molecular complexity index is 676. The molecule has 2 aromatic rings. The lowest BCUT2D eigenvalue weighted by atomic mass is 10.3. The van der Waals surface area contributed by atoms with Crippen molar-refractivity contribution in [1.82, 2.24) is 5.32 Å². The van der Waals surface area contributed by atoms with E-state index >= 15 is 0 Å². The normalized spacial score (nSPS) is 11.3. The molecule has 0 aliphatic rings. The molecule has 24 heavy (non-hydrogen) atoms. The first-order chi connectivity index (χ1) is 11.6. The van der Waals surface area contributed by atoms with E-state index in [-0.39, 0.29) is 12.1 Å². The summed E-state index contributed by atoms with van der Waals surface area (Å²) in [6, 6.07) is 14.1. The number of carbonyl (C=O) groups is 1. The van der Waals surface area contributed by atoms with Crippen LogP contribution in [0.5, 0.6) is 17.2 Å². The van der Waals surface area contributed by atoms with Gasteiger partial charge in [-0.2, -0.15) is 0 Å². The maximum atomic E-state index is 12.1. The van der Waals surface area contributed by atoms with Gasteiger partial charge in [-0.3, -0.25) is 0 Å². The maximum absolute atomic E-state index is 12.1. The first-order valence-electron chi connectivity index (χ1n) is 7.60. The highest BCUT2D eigenvalue weighted by molar-refractivity contribution is 5.91. The molecule has 0 aliphatic carbocycles. The molecule has 0 fully saturated rings. The highest BCUT2D eigenvalue weighted by Gasteiger charge is 2.11. The summed E-state index contributed by atoms with van der Waals surface area (Å²) in [5.74, 6) is 1.90. The van der Waals surface area contributed by atoms with Crippen molar-refractivity contribution in [3.05, 3.63) is 48.5 Å². The fourth-order valence-corrected chi connectivity index (χ4v) is 2.12. The van der Waals surface area contributed by atoms with Gasteiger partial charge >= 0.3 is 6.03 Å². The van der Waals surface area contributed by atoms with Crippen LogP contribution in [0.15, 0.2) is 48.5 Å². The van der Waals surface area contributed by atoms with Gasteiger partial charge in [0.25, 0.3) is 0 Å². The van der Waals surface area contributed by atoms with Crippen LogP contribution in [-0.4, -0.2) is 32.9 Å². The van der Waals surface area contributed by atoms with E-state index in [0.717, 1.165) is 0 Å². The molecule has 0 aromatic heterocycles. The van der Waals surface area contributed by atoms with Gasteiger partial charge in [0, 0.05) is 0 Å². The summed E-state index contributed by atoms with van der Waals surface area (Å²) in [6.45, 7) is 2.18. The second-order valence-corrected chi connectivity index (χ2v) is 5.16. The minimum Gasteiger partial charge on any atom is -0.495 e. The van der Waals surface area contributed by atoms with Crippen LogP contribution in [0.4, 0.5) is 10.5 Å². The summed E-state index contributed by atoms with van der Waals surface area (Å²) < 4.78 is 16.1. The molecule has 0 bridgehead atoms. The Labute approximate surface area is 141 Å². The van der Waals surface area contributed by atoms with Gasteiger partial charge in [-0.15, -0.1) is 0 Å². The smallest absolute Gasteiger partial charge is 0.319 e. The number of para-hydroxylation sites is 4. The zero-order valence-corrected chi connectivity index (χ0v) is 14.0. The van der Waals surface area contributed by atoms with Crippen molar-refractivity contribution in [3.63, 3.8) is 0 Å². The molecule has 2 rings (SSSR count). The second-order valence-electron chi connectivity index (χ2n) is 5.16. The number of urea groups is 1. The Balaban J connectivity index is 1.85. The Morgan fingerprint density at radius 3 is 2.21 bits per heavy atom. The molecule has 1 atom stereocenters. The first-order valence-corrected chi connectivity index (χ1v) is 7.60. The van der Waals surface area contributed by atoms with Crippen molar-refractivity contribution in [3.8, 4) is 17.2 Å². The summed E-state index contributed by atoms with van der Waals surface area (Å²) in [5, 5.41) is 5.57. The number of rotatable bonds is 7. The largest absolute Gasteiger partial charge is 0.495 e. The topological polar surface area (TPSA) is 68.8 Å². The van der Waals surface area contributed by atoms with Crippen molar-refractivity contribution < 1.29 is 19.0 Å². The van der Waals surface area contributed by atoms with Crippen LogP contribution in [0.3, 0.4) is 0 Å². The molecule has 0 saturated heterocycles. The zero-order valence-electron chi connectivity index (χ0n) is 14.0. The summed E-state index contributed by atoms with van der Waals surface area (Å²) >= 11 is 0. The van der Waals surface area contributed by atoms with E-state index in [4.69, 9.17) is 14.2 Å². The lowest BCUT2D eigenvalue weighted by molar-refractivity contribution is 0.233. The quantitative estimate of drug-likeness (QED) is 0.817. The van der Waals surface area contributed by atoms with E-state index < -0.39 is 0 Å². The number of nitrogens with one attached hydrogen (secondary N) is 2. The molecule has 0 heterocycles. The first kappa shape index (κ1) is 17.5. The SMILES string of the molecule is COc1ccccc1NC(=O)N[C@@H](C)COc1ccccc1OC. The second kappa shape index (κ2) is 8.67. The number of amides is 2. The molecule has 6 nitrogen and oxygen atoms in total. The molecule has 2 amide bonds. The van der Waals surface area contributed by atoms with Crippen molar-refractivity contribution in [2.45, 2.75) is 13.0 Å². The standard InChI is InChI=1S/C18H22N2O4/c1-13(12-24-17-11-7-6-10-16(17)23-3)19-18(21)20-14-8-4-5-9-15(14)22-2/h4-11,13H,12H2,1-3H3,(H2,19,20,21)/t13-/m0/s1. The van der Waals surface area contributed by atoms with E-state index in [1.54, 1.807) is 26.4 Å². The predicted molar refractivity (Wildman–Crippen MR) is 93.1 cm³/mol. The van der Waals surface area contributed by atoms with Crippen molar-refractivity contribution in [1.29, 1.82) is 0 Å². The average Bonchev–Trinajstić information content (AvgIpc) is 2.60. The lowest BCUT2D eigenvalue weighted by Crippen LogP contribution is -2.39. The van der Waals surface area contributed by atoms with Crippen molar-refractivity contribution in [2.75, 3.05) is 26.1 Å². The third kappa shape index (κ3) is 4.81. The zero-order chi connectivity index (χ0) is 17.4. The molecular weight excluding hydrogens is 308 g/mol. The van der Waals surface area contributed by atoms with E-state index in [0.29, 0.717) is 29.5 Å². The minimum atomic E-state index is -0.323. The van der Waals surface area contributed by atoms with Crippen LogP contribution in [-0.2, 0) is 0 Å². The fraction of sp³-hybridized carbons (Fsp3) is 0.278. The molecule has 2 aromatic carbocycles. The summed E-state index contributed by atoms with van der Waals surface area (Å²) in [5.41, 5.74) is 0.607. The van der Waals surface area contributed by atoms with Crippen LogP contribution in [0.25, 0.3) is 0 Å². The van der Waals surface area contributed by atoms with Gasteiger partial charge in [-0.05, 0) is 31.2 Å². The maximum Gasteiger partial charge on any atom is 0.319 e. The number of methoxy groups -OCH3 is 2. The lowest BCUT2D eigenvalue weighted by Gasteiger charge is -2.17. The van der Waals surface area contributed by atoms with Crippen LogP contribution in [0, 0.1) is 0 Å². The molecule has 0 aliphatic heterocycles. The van der Waals surface area contributed by atoms with Crippen LogP contribution in [0.2, 0.25) is 0 Å². The molecule has 0 spiro atoms. The van der Waals surface area contributed by atoms with Gasteiger partial charge in [0.2, 0.25) is 0 Å². The van der Waals surface area contributed by atoms with Gasteiger partial charge in [0.05, 0.1) is 25.9 Å². The molecule has 6 heteroatoms. The van der Waals surface area contributed by atoms with E-state index in [1.165, 1.54) is 0 Å². The van der Waals surface area contributed by atoms with Crippen molar-refractivity contribution in [2.24, 2.45) is 0 Å². The number of ether oxygens (including phenoxy) is 3. The fourth-order valence-electron chi connectivity index (χ4n) is 2.12. The molecule has 0 saturated carbocycles. The highest BCUT2D eigenvalue weighted by atomic mass is 16.5. The number of hydrogen-bond donors (Lipinski definition) is 2. The van der Waals surface area contributed by atoms with E-state index in [1.807, 2.05) is 43.3 Å². The van der Waals surface area contributed by atoms with Gasteiger partial charge in [0.15, 0.2) is 11.5 Å². The Morgan fingerprint density at radius 2 is 1.54 bits per heavy atom. The average molecular weight is 330 g/mol. The number of hydrogen-bond acceptors (Lipinski definition) is 4. The molecule has 0 radical (unpaired) electrons. The van der Waals surface area contributed by atoms with Crippen LogP contribution in [0.1, 0.15) is 6.92 Å². The van der Waals surface area contributed by atoms with Crippen LogP contribution < -0.4 is 24.8 Å². The van der Waals surface area contributed by atoms with Gasteiger partial charge in [0.1, 0.15) is 12.4 Å². The summed E-state index contributed by atoms with van der Waals surface area (Å²) in [4.78, 5) is 12.1. The number of anilines is 1. The highest BCUT2D eigenvalue weighted by Crippen LogP contribution is 2.26. The monoisotopic (exact) mass is 330 g/mol. The number of benzene rings is 2. The van der Waals surface area contributed by atoms with Crippen molar-refractivity contribution >= 4 is 11.7 Å². The van der Waals surface area contributed by atoms with Gasteiger partial charge < -0.3 is 24.8 Å². The summed E-state index contributed by atoms with van der Waals surface area (Å²) in [6.07, 6.45) is 0. The summed E-state index contributed by atoms with van der Waals surface area (Å²) in [7, 11) is 3.15. The molecule has 128 valence electrons. The molecular formula is C18H22N2O4. The third-order valence-electron chi connectivity index (χ3n) is 3.29. The third-order valence-corrected chi connectivity index (χ3v) is 3.29. The predicted octanol–water partition coefficient (Wildman–Crippen LogP) is 3.29. The van der Waals surface area contributed by atoms with Gasteiger partial charge in [-0.1, -0.05) is 24.3 Å². The Kier molecular flexibility index (Phi) is 6.31. The van der Waals surface area contributed by atoms with Gasteiger partial charge in [-0.25, -0.2) is 4.79 Å². The van der Waals surface area contributed by atoms with E-state index in [2.05, 4.69) is 10.6 Å². The minimum absolute atomic E-state index is 0.190.